The summed E-state index contributed by atoms with van der Waals surface area (Å²) in [6.45, 7) is 0.509. The van der Waals surface area contributed by atoms with Crippen molar-refractivity contribution in [1.29, 1.82) is 0 Å². The second-order valence-electron chi connectivity index (χ2n) is 5.42. The van der Waals surface area contributed by atoms with Crippen LogP contribution in [0.1, 0.15) is 19.3 Å². The van der Waals surface area contributed by atoms with E-state index in [0.29, 0.717) is 15.4 Å². The summed E-state index contributed by atoms with van der Waals surface area (Å²) in [5.74, 6) is 0. The molecule has 114 valence electrons. The fraction of sp³-hybridized carbons (Fsp3) is 0.667. The van der Waals surface area contributed by atoms with Crippen molar-refractivity contribution in [3.05, 3.63) is 14.9 Å². The van der Waals surface area contributed by atoms with Crippen molar-refractivity contribution in [2.24, 2.45) is 0 Å². The Morgan fingerprint density at radius 2 is 2.00 bits per heavy atom. The maximum atomic E-state index is 12.6. The van der Waals surface area contributed by atoms with E-state index in [0.717, 1.165) is 30.6 Å². The van der Waals surface area contributed by atoms with Gasteiger partial charge in [0, 0.05) is 19.1 Å². The molecule has 0 amide bonds. The second-order valence-corrected chi connectivity index (χ2v) is 10.5. The zero-order valence-electron chi connectivity index (χ0n) is 11.7. The molecule has 0 saturated heterocycles. The van der Waals surface area contributed by atoms with Gasteiger partial charge < -0.3 is 4.90 Å². The van der Waals surface area contributed by atoms with Gasteiger partial charge in [-0.15, -0.1) is 11.3 Å². The maximum absolute atomic E-state index is 12.6. The molecule has 1 aromatic heterocycles. The van der Waals surface area contributed by atoms with Gasteiger partial charge in [-0.1, -0.05) is 11.6 Å². The molecule has 20 heavy (non-hydrogen) atoms. The third-order valence-electron chi connectivity index (χ3n) is 4.04. The zero-order valence-corrected chi connectivity index (χ0v) is 15.7. The van der Waals surface area contributed by atoms with Gasteiger partial charge in [-0.05, 0) is 55.4 Å². The first-order valence-electron chi connectivity index (χ1n) is 6.28. The van der Waals surface area contributed by atoms with Crippen LogP contribution >= 0.6 is 38.9 Å². The average molecular weight is 402 g/mol. The minimum absolute atomic E-state index is 0.0277. The number of likely N-dealkylation sites (N-methyl/N-ethyl adjacent to an activating group) is 2. The van der Waals surface area contributed by atoms with E-state index < -0.39 is 10.0 Å². The molecule has 0 aromatic carbocycles. The van der Waals surface area contributed by atoms with E-state index in [1.165, 1.54) is 10.4 Å². The summed E-state index contributed by atoms with van der Waals surface area (Å²) in [6, 6.07) is 1.51. The Balaban J connectivity index is 2.21. The molecule has 0 spiro atoms. The molecule has 1 aliphatic carbocycles. The van der Waals surface area contributed by atoms with Crippen molar-refractivity contribution in [1.82, 2.24) is 9.21 Å². The molecule has 1 saturated carbocycles. The predicted molar refractivity (Wildman–Crippen MR) is 87.1 cm³/mol. The highest BCUT2D eigenvalue weighted by Crippen LogP contribution is 2.39. The average Bonchev–Trinajstić information content (AvgIpc) is 2.64. The lowest BCUT2D eigenvalue weighted by molar-refractivity contribution is 0.0455. The van der Waals surface area contributed by atoms with Gasteiger partial charge in [0.2, 0.25) is 0 Å². The molecule has 0 aliphatic heterocycles. The molecular weight excluding hydrogens is 384 g/mol. The number of hydrogen-bond donors (Lipinski definition) is 0. The Hall–Kier alpha value is 0.340. The van der Waals surface area contributed by atoms with Crippen molar-refractivity contribution < 1.29 is 8.42 Å². The monoisotopic (exact) mass is 400 g/mol. The summed E-state index contributed by atoms with van der Waals surface area (Å²) in [4.78, 5) is 2.14. The molecule has 4 nitrogen and oxygen atoms in total. The topological polar surface area (TPSA) is 40.6 Å². The first kappa shape index (κ1) is 16.7. The van der Waals surface area contributed by atoms with Gasteiger partial charge in [0.05, 0.1) is 8.81 Å². The van der Waals surface area contributed by atoms with Crippen molar-refractivity contribution in [3.8, 4) is 0 Å². The van der Waals surface area contributed by atoms with Crippen LogP contribution < -0.4 is 0 Å². The van der Waals surface area contributed by atoms with Crippen molar-refractivity contribution in [2.45, 2.75) is 29.0 Å². The Bertz CT molecular complexity index is 577. The lowest BCUT2D eigenvalue weighted by Gasteiger charge is -2.48. The molecule has 1 heterocycles. The summed E-state index contributed by atoms with van der Waals surface area (Å²) in [6.07, 6.45) is 3.23. The van der Waals surface area contributed by atoms with Crippen LogP contribution in [0.2, 0.25) is 5.02 Å². The number of thiophene rings is 1. The fourth-order valence-corrected chi connectivity index (χ4v) is 6.30. The van der Waals surface area contributed by atoms with Gasteiger partial charge in [-0.2, -0.15) is 4.31 Å². The van der Waals surface area contributed by atoms with E-state index in [1.807, 2.05) is 14.1 Å². The molecule has 0 atom stereocenters. The van der Waals surface area contributed by atoms with Gasteiger partial charge >= 0.3 is 0 Å². The summed E-state index contributed by atoms with van der Waals surface area (Å²) < 4.78 is 27.5. The molecule has 1 aromatic rings. The molecule has 0 unspecified atom stereocenters. The smallest absolute Gasteiger partial charge is 0.252 e. The SMILES string of the molecule is CN(C)C1(CN(C)S(=O)(=O)c2cc(Cl)c(Br)s2)CCC1. The largest absolute Gasteiger partial charge is 0.302 e. The fourth-order valence-electron chi connectivity index (χ4n) is 2.44. The third-order valence-corrected chi connectivity index (χ3v) is 8.76. The van der Waals surface area contributed by atoms with Gasteiger partial charge in [-0.25, -0.2) is 8.42 Å². The van der Waals surface area contributed by atoms with Crippen LogP contribution in [-0.2, 0) is 10.0 Å². The van der Waals surface area contributed by atoms with Gasteiger partial charge in [0.15, 0.2) is 0 Å². The van der Waals surface area contributed by atoms with Crippen molar-refractivity contribution >= 4 is 48.9 Å². The molecule has 1 aliphatic rings. The Morgan fingerprint density at radius 3 is 2.35 bits per heavy atom. The van der Waals surface area contributed by atoms with Crippen LogP contribution in [0.15, 0.2) is 14.1 Å². The first-order chi connectivity index (χ1) is 9.19. The number of halogens is 2. The van der Waals surface area contributed by atoms with Crippen LogP contribution in [0.3, 0.4) is 0 Å². The van der Waals surface area contributed by atoms with Crippen LogP contribution in [0.5, 0.6) is 0 Å². The summed E-state index contributed by atoms with van der Waals surface area (Å²) in [5, 5.41) is 0.438. The van der Waals surface area contributed by atoms with E-state index in [2.05, 4.69) is 20.8 Å². The highest BCUT2D eigenvalue weighted by molar-refractivity contribution is 9.11. The van der Waals surface area contributed by atoms with E-state index in [1.54, 1.807) is 7.05 Å². The lowest BCUT2D eigenvalue weighted by Crippen LogP contribution is -2.57. The van der Waals surface area contributed by atoms with Gasteiger partial charge in [-0.3, -0.25) is 0 Å². The standard InChI is InChI=1S/C12H18BrClN2O2S2/c1-15(2)12(5-4-6-12)8-16(3)20(17,18)10-7-9(14)11(13)19-10/h7H,4-6,8H2,1-3H3. The number of hydrogen-bond acceptors (Lipinski definition) is 4. The summed E-state index contributed by atoms with van der Waals surface area (Å²) in [7, 11) is 2.19. The van der Waals surface area contributed by atoms with Crippen LogP contribution in [-0.4, -0.2) is 50.8 Å². The van der Waals surface area contributed by atoms with E-state index >= 15 is 0 Å². The molecule has 1 fully saturated rings. The van der Waals surface area contributed by atoms with E-state index in [9.17, 15) is 8.42 Å². The van der Waals surface area contributed by atoms with Crippen molar-refractivity contribution in [3.63, 3.8) is 0 Å². The summed E-state index contributed by atoms with van der Waals surface area (Å²) in [5.41, 5.74) is -0.0277. The summed E-state index contributed by atoms with van der Waals surface area (Å²) >= 11 is 10.3. The first-order valence-corrected chi connectivity index (χ1v) is 9.70. The minimum Gasteiger partial charge on any atom is -0.302 e. The zero-order chi connectivity index (χ0) is 15.1. The highest BCUT2D eigenvalue weighted by atomic mass is 79.9. The van der Waals surface area contributed by atoms with Crippen LogP contribution in [0.4, 0.5) is 0 Å². The second kappa shape index (κ2) is 5.85. The highest BCUT2D eigenvalue weighted by Gasteiger charge is 2.42. The van der Waals surface area contributed by atoms with Crippen molar-refractivity contribution in [2.75, 3.05) is 27.7 Å². The number of rotatable bonds is 5. The third kappa shape index (κ3) is 2.94. The molecular formula is C12H18BrClN2O2S2. The normalized spacial score (nSPS) is 18.6. The molecule has 0 bridgehead atoms. The van der Waals surface area contributed by atoms with Crippen LogP contribution in [0.25, 0.3) is 0 Å². The molecule has 0 N–H and O–H groups in total. The molecule has 8 heteroatoms. The molecule has 0 radical (unpaired) electrons. The lowest BCUT2D eigenvalue weighted by atomic mass is 9.75. The number of nitrogens with zero attached hydrogens (tertiary/aromatic N) is 2. The van der Waals surface area contributed by atoms with E-state index in [4.69, 9.17) is 11.6 Å². The maximum Gasteiger partial charge on any atom is 0.252 e. The van der Waals surface area contributed by atoms with E-state index in [-0.39, 0.29) is 9.75 Å². The van der Waals surface area contributed by atoms with Gasteiger partial charge in [0.1, 0.15) is 4.21 Å². The number of sulfonamides is 1. The Morgan fingerprint density at radius 1 is 1.40 bits per heavy atom. The minimum atomic E-state index is -3.47. The van der Waals surface area contributed by atoms with Crippen LogP contribution in [0, 0.1) is 0 Å². The quantitative estimate of drug-likeness (QED) is 0.760. The predicted octanol–water partition coefficient (Wildman–Crippen LogP) is 3.27. The Labute approximate surface area is 137 Å². The molecule has 2 rings (SSSR count). The van der Waals surface area contributed by atoms with Gasteiger partial charge in [0.25, 0.3) is 10.0 Å². The Kier molecular flexibility index (Phi) is 4.89.